The van der Waals surface area contributed by atoms with Gasteiger partial charge in [0.25, 0.3) is 0 Å². The number of ether oxygens (including phenoxy) is 1. The van der Waals surface area contributed by atoms with Crippen molar-refractivity contribution < 1.29 is 22.7 Å². The predicted octanol–water partition coefficient (Wildman–Crippen LogP) is 4.07. The van der Waals surface area contributed by atoms with Crippen LogP contribution in [-0.2, 0) is 10.9 Å². The van der Waals surface area contributed by atoms with E-state index in [-0.39, 0.29) is 18.2 Å². The molecule has 1 unspecified atom stereocenters. The van der Waals surface area contributed by atoms with Gasteiger partial charge in [-0.25, -0.2) is 9.48 Å². The molecule has 8 heteroatoms. The Kier molecular flexibility index (Phi) is 5.67. The van der Waals surface area contributed by atoms with Crippen molar-refractivity contribution in [2.75, 3.05) is 6.61 Å². The Balaban J connectivity index is 1.87. The van der Waals surface area contributed by atoms with Gasteiger partial charge in [0.15, 0.2) is 0 Å². The number of hydrogen-bond donors (Lipinski definition) is 0. The van der Waals surface area contributed by atoms with Gasteiger partial charge in [-0.3, -0.25) is 4.79 Å². The summed E-state index contributed by atoms with van der Waals surface area (Å²) in [6.07, 6.45) is 2.16. The van der Waals surface area contributed by atoms with Crippen LogP contribution in [0.4, 0.5) is 13.2 Å². The number of esters is 1. The summed E-state index contributed by atoms with van der Waals surface area (Å²) in [6.45, 7) is 1.69. The van der Waals surface area contributed by atoms with Gasteiger partial charge in [0.1, 0.15) is 0 Å². The minimum Gasteiger partial charge on any atom is -0.461 e. The molecule has 5 nitrogen and oxygen atoms in total. The molecule has 1 aromatic heterocycles. The van der Waals surface area contributed by atoms with Gasteiger partial charge < -0.3 is 4.74 Å². The number of halogens is 3. The molecule has 0 spiro atoms. The molecule has 1 heterocycles. The largest absolute Gasteiger partial charge is 0.461 e. The minimum atomic E-state index is -4.51. The number of aryl methyl sites for hydroxylation is 1. The fourth-order valence-electron chi connectivity index (χ4n) is 3.03. The van der Waals surface area contributed by atoms with Gasteiger partial charge in [-0.2, -0.15) is 18.3 Å². The van der Waals surface area contributed by atoms with E-state index in [1.54, 1.807) is 0 Å². The average Bonchev–Trinajstić information content (AvgIpc) is 2.66. The third-order valence-corrected chi connectivity index (χ3v) is 4.55. The minimum absolute atomic E-state index is 0.0961. The van der Waals surface area contributed by atoms with Gasteiger partial charge in [0.05, 0.1) is 17.9 Å². The summed E-state index contributed by atoms with van der Waals surface area (Å²) in [5.41, 5.74) is -1.53. The molecule has 0 amide bonds. The van der Waals surface area contributed by atoms with Gasteiger partial charge in [-0.15, -0.1) is 0 Å². The number of carbonyl (C=O) groups excluding carboxylic acids is 1. The fourth-order valence-corrected chi connectivity index (χ4v) is 3.03. The third kappa shape index (κ3) is 4.49. The molecule has 0 radical (unpaired) electrons. The Morgan fingerprint density at radius 2 is 2.07 bits per heavy atom. The first-order valence-electron chi connectivity index (χ1n) is 8.86. The van der Waals surface area contributed by atoms with E-state index in [4.69, 9.17) is 4.74 Å². The van der Waals surface area contributed by atoms with Crippen LogP contribution in [0.1, 0.15) is 41.0 Å². The van der Waals surface area contributed by atoms with Crippen molar-refractivity contribution in [1.29, 1.82) is 0 Å². The summed E-state index contributed by atoms with van der Waals surface area (Å²) in [7, 11) is 0. The molecule has 3 rings (SSSR count). The van der Waals surface area contributed by atoms with E-state index in [1.165, 1.54) is 19.1 Å². The van der Waals surface area contributed by atoms with Crippen LogP contribution in [0.3, 0.4) is 0 Å². The maximum absolute atomic E-state index is 13.0. The Morgan fingerprint density at radius 1 is 1.29 bits per heavy atom. The zero-order valence-electron chi connectivity index (χ0n) is 15.2. The van der Waals surface area contributed by atoms with E-state index >= 15 is 0 Å². The van der Waals surface area contributed by atoms with Crippen LogP contribution in [-0.4, -0.2) is 22.4 Å². The lowest BCUT2D eigenvalue weighted by Crippen LogP contribution is -2.26. The molecule has 0 aliphatic heterocycles. The molecule has 0 saturated heterocycles. The third-order valence-electron chi connectivity index (χ3n) is 4.55. The molecule has 1 aromatic carbocycles. The first-order chi connectivity index (χ1) is 13.3. The van der Waals surface area contributed by atoms with Crippen LogP contribution in [0.15, 0.2) is 47.3 Å². The number of aromatic nitrogens is 2. The SMILES string of the molecule is Cc1cc(=O)c(C(=O)OCC2CC=CCC2)nn1-c1cccc(C(F)(F)F)c1. The number of alkyl halides is 3. The molecule has 0 N–H and O–H groups in total. The number of benzene rings is 1. The van der Waals surface area contributed by atoms with Crippen molar-refractivity contribution in [2.45, 2.75) is 32.4 Å². The zero-order valence-corrected chi connectivity index (χ0v) is 15.2. The van der Waals surface area contributed by atoms with Gasteiger partial charge in [-0.1, -0.05) is 18.2 Å². The zero-order chi connectivity index (χ0) is 20.3. The van der Waals surface area contributed by atoms with E-state index in [9.17, 15) is 22.8 Å². The first-order valence-corrected chi connectivity index (χ1v) is 8.86. The second-order valence-electron chi connectivity index (χ2n) is 6.71. The molecule has 0 fully saturated rings. The van der Waals surface area contributed by atoms with E-state index in [2.05, 4.69) is 11.2 Å². The fraction of sp³-hybridized carbons (Fsp3) is 0.350. The topological polar surface area (TPSA) is 61.2 Å². The summed E-state index contributed by atoms with van der Waals surface area (Å²) in [4.78, 5) is 24.5. The van der Waals surface area contributed by atoms with Crippen molar-refractivity contribution in [2.24, 2.45) is 5.92 Å². The average molecular weight is 392 g/mol. The second-order valence-corrected chi connectivity index (χ2v) is 6.71. The molecular weight excluding hydrogens is 373 g/mol. The number of carbonyl (C=O) groups is 1. The lowest BCUT2D eigenvalue weighted by molar-refractivity contribution is -0.137. The summed E-state index contributed by atoms with van der Waals surface area (Å²) in [5, 5.41) is 3.98. The van der Waals surface area contributed by atoms with Crippen LogP contribution in [0.5, 0.6) is 0 Å². The van der Waals surface area contributed by atoms with E-state index < -0.39 is 28.8 Å². The number of rotatable bonds is 4. The van der Waals surface area contributed by atoms with Crippen LogP contribution < -0.4 is 5.43 Å². The van der Waals surface area contributed by atoms with Crippen molar-refractivity contribution in [3.8, 4) is 5.69 Å². The van der Waals surface area contributed by atoms with E-state index in [1.807, 2.05) is 6.08 Å². The monoisotopic (exact) mass is 392 g/mol. The normalized spacial score (nSPS) is 16.8. The van der Waals surface area contributed by atoms with Gasteiger partial charge >= 0.3 is 12.1 Å². The molecule has 0 saturated carbocycles. The number of allylic oxidation sites excluding steroid dienone is 2. The van der Waals surface area contributed by atoms with Crippen LogP contribution in [0.25, 0.3) is 5.69 Å². The Morgan fingerprint density at radius 3 is 2.75 bits per heavy atom. The standard InChI is InChI=1S/C20H19F3N2O3/c1-13-10-17(26)18(19(27)28-12-14-6-3-2-4-7-14)24-25(13)16-9-5-8-15(11-16)20(21,22)23/h2-3,5,8-11,14H,4,6-7,12H2,1H3. The molecule has 1 aliphatic rings. The van der Waals surface area contributed by atoms with Crippen molar-refractivity contribution in [3.63, 3.8) is 0 Å². The Hall–Kier alpha value is -2.90. The number of nitrogens with zero attached hydrogens (tertiary/aromatic N) is 2. The summed E-state index contributed by atoms with van der Waals surface area (Å²) >= 11 is 0. The van der Waals surface area contributed by atoms with Gasteiger partial charge in [-0.05, 0) is 50.3 Å². The summed E-state index contributed by atoms with van der Waals surface area (Å²) in [5.74, 6) is -0.689. The van der Waals surface area contributed by atoms with Gasteiger partial charge in [0.2, 0.25) is 11.1 Å². The van der Waals surface area contributed by atoms with Crippen molar-refractivity contribution >= 4 is 5.97 Å². The quantitative estimate of drug-likeness (QED) is 0.581. The lowest BCUT2D eigenvalue weighted by Gasteiger charge is -2.17. The highest BCUT2D eigenvalue weighted by atomic mass is 19.4. The summed E-state index contributed by atoms with van der Waals surface area (Å²) in [6, 6.07) is 5.67. The predicted molar refractivity (Wildman–Crippen MR) is 96.3 cm³/mol. The van der Waals surface area contributed by atoms with E-state index in [0.717, 1.165) is 42.1 Å². The summed E-state index contributed by atoms with van der Waals surface area (Å²) < 4.78 is 45.3. The number of hydrogen-bond acceptors (Lipinski definition) is 4. The second kappa shape index (κ2) is 8.00. The molecule has 28 heavy (non-hydrogen) atoms. The molecule has 1 aliphatic carbocycles. The Labute approximate surface area is 159 Å². The highest BCUT2D eigenvalue weighted by molar-refractivity contribution is 5.86. The highest BCUT2D eigenvalue weighted by Gasteiger charge is 2.30. The maximum Gasteiger partial charge on any atom is 0.416 e. The van der Waals surface area contributed by atoms with Crippen LogP contribution in [0, 0.1) is 12.8 Å². The molecule has 1 atom stereocenters. The maximum atomic E-state index is 13.0. The van der Waals surface area contributed by atoms with Crippen LogP contribution >= 0.6 is 0 Å². The molecular formula is C20H19F3N2O3. The Bertz CT molecular complexity index is 964. The van der Waals surface area contributed by atoms with Crippen LogP contribution in [0.2, 0.25) is 0 Å². The molecule has 0 bridgehead atoms. The smallest absolute Gasteiger partial charge is 0.416 e. The first kappa shape index (κ1) is 19.9. The van der Waals surface area contributed by atoms with Crippen molar-refractivity contribution in [1.82, 2.24) is 9.78 Å². The molecule has 2 aromatic rings. The lowest BCUT2D eigenvalue weighted by atomic mass is 9.95. The van der Waals surface area contributed by atoms with Crippen molar-refractivity contribution in [3.05, 3.63) is 69.7 Å². The van der Waals surface area contributed by atoms with Gasteiger partial charge in [0, 0.05) is 11.8 Å². The molecule has 148 valence electrons. The van der Waals surface area contributed by atoms with E-state index in [0.29, 0.717) is 5.69 Å². The highest BCUT2D eigenvalue weighted by Crippen LogP contribution is 2.30.